The molecule has 0 aliphatic carbocycles. The van der Waals surface area contributed by atoms with E-state index in [0.29, 0.717) is 72.3 Å². The predicted octanol–water partition coefficient (Wildman–Crippen LogP) is 11.5. The van der Waals surface area contributed by atoms with Gasteiger partial charge in [0.05, 0.1) is 26.4 Å². The Labute approximate surface area is 430 Å². The van der Waals surface area contributed by atoms with Gasteiger partial charge in [-0.25, -0.2) is 8.78 Å². The molecule has 0 amide bonds. The second-order valence-electron chi connectivity index (χ2n) is 15.7. The van der Waals surface area contributed by atoms with Crippen LogP contribution in [0, 0.1) is 37.7 Å². The van der Waals surface area contributed by atoms with Gasteiger partial charge in [-0.3, -0.25) is 18.7 Å². The Morgan fingerprint density at radius 3 is 1.56 bits per heavy atom. The summed E-state index contributed by atoms with van der Waals surface area (Å²) in [5.41, 5.74) is 7.22. The van der Waals surface area contributed by atoms with Crippen molar-refractivity contribution in [2.24, 2.45) is 14.1 Å². The Balaban J connectivity index is 0.000000198. The molecule has 0 saturated heterocycles. The van der Waals surface area contributed by atoms with E-state index in [2.05, 4.69) is 62.2 Å². The maximum Gasteiger partial charge on any atom is 0.406 e. The van der Waals surface area contributed by atoms with Crippen molar-refractivity contribution in [1.82, 2.24) is 49.1 Å². The van der Waals surface area contributed by atoms with Crippen LogP contribution >= 0.6 is 55.1 Å². The Kier molecular flexibility index (Phi) is 17.9. The summed E-state index contributed by atoms with van der Waals surface area (Å²) in [5.74, 6) is -3.01. The maximum absolute atomic E-state index is 14.3. The highest BCUT2D eigenvalue weighted by atomic mass is 79.9. The lowest BCUT2D eigenvalue weighted by Crippen LogP contribution is -2.08. The molecule has 6 heterocycles. The van der Waals surface area contributed by atoms with Gasteiger partial charge < -0.3 is 30.1 Å². The number of hydrogen-bond acceptors (Lipinski definition) is 12. The average Bonchev–Trinajstić information content (AvgIpc) is 4.08. The number of aryl methyl sites for hydroxylation is 4. The first kappa shape index (κ1) is 53.8. The van der Waals surface area contributed by atoms with Crippen molar-refractivity contribution in [2.45, 2.75) is 65.8 Å². The SMILES string of the molecule is CCn1cc(Cc2cn(C)nc2-c2ccc(F)cc2[C@@H](C)O)c(Cl)n1.CCn1cc(Cc2cn(C)nc2-c2ccc(F)cc2[C@@H](C)Oc2cc(Br)cnc2[N+](=O)[O-])c(Cl)n1.O=[N+]([O-])c1ncc(Br)cc1F. The van der Waals surface area contributed by atoms with Gasteiger partial charge in [-0.1, -0.05) is 23.2 Å². The second kappa shape index (κ2) is 23.6. The summed E-state index contributed by atoms with van der Waals surface area (Å²) in [4.78, 5) is 27.0. The van der Waals surface area contributed by atoms with Crippen LogP contribution < -0.4 is 4.74 Å². The van der Waals surface area contributed by atoms with Crippen molar-refractivity contribution < 1.29 is 32.9 Å². The smallest absolute Gasteiger partial charge is 0.406 e. The first-order valence-electron chi connectivity index (χ1n) is 21.3. The summed E-state index contributed by atoms with van der Waals surface area (Å²) < 4.78 is 54.2. The second-order valence-corrected chi connectivity index (χ2v) is 18.2. The first-order chi connectivity index (χ1) is 33.6. The van der Waals surface area contributed by atoms with Crippen LogP contribution in [-0.4, -0.2) is 64.0 Å². The fourth-order valence-corrected chi connectivity index (χ4v) is 8.29. The van der Waals surface area contributed by atoms with E-state index in [9.17, 15) is 38.5 Å². The van der Waals surface area contributed by atoms with Crippen LogP contribution in [-0.2, 0) is 40.0 Å². The quantitative estimate of drug-likeness (QED) is 0.0795. The third-order valence-electron chi connectivity index (χ3n) is 10.5. The fraction of sp³-hybridized carbons (Fsp3) is 0.261. The number of benzene rings is 2. The Morgan fingerprint density at radius 1 is 0.676 bits per heavy atom. The standard InChI is InChI=1S/C23H21BrClFN6O3.C18H20ClFN4O.C5H2BrFN2O2/c1-4-31-12-15(22(25)29-31)7-14-11-30(3)28-21(14)18-6-5-17(26)9-19(18)13(2)35-20-8-16(24)10-27-23(20)32(33)34;1-4-24-10-13(18(19)22-24)7-12-9-23(3)21-17(12)15-6-5-14(20)8-16(15)11(2)25;6-3-1-4(7)5(8-2-3)9(10)11/h5-6,8-13H,4,7H2,1-3H3;5-6,8-11,25H,4,7H2,1-3H3;1-2H/t13-;11-;/m11./s1. The van der Waals surface area contributed by atoms with E-state index in [-0.39, 0.29) is 11.6 Å². The lowest BCUT2D eigenvalue weighted by molar-refractivity contribution is -0.392. The van der Waals surface area contributed by atoms with Crippen LogP contribution in [0.4, 0.5) is 24.8 Å². The van der Waals surface area contributed by atoms with E-state index in [0.717, 1.165) is 34.9 Å². The first-order valence-corrected chi connectivity index (χ1v) is 23.7. The number of nitro groups is 2. The van der Waals surface area contributed by atoms with E-state index in [1.165, 1.54) is 42.7 Å². The monoisotopic (exact) mass is 1140 g/mol. The van der Waals surface area contributed by atoms with Crippen molar-refractivity contribution in [3.8, 4) is 28.3 Å². The summed E-state index contributed by atoms with van der Waals surface area (Å²) in [7, 11) is 3.62. The lowest BCUT2D eigenvalue weighted by atomic mass is 9.96. The number of aliphatic hydroxyl groups excluding tert-OH is 1. The minimum absolute atomic E-state index is 0.0351. The summed E-state index contributed by atoms with van der Waals surface area (Å²) in [6.45, 7) is 8.70. The molecule has 0 bridgehead atoms. The third kappa shape index (κ3) is 13.5. The van der Waals surface area contributed by atoms with E-state index in [4.69, 9.17) is 27.9 Å². The molecule has 0 saturated carbocycles. The molecule has 18 nitrogen and oxygen atoms in total. The molecule has 2 atom stereocenters. The zero-order chi connectivity index (χ0) is 51.8. The number of aliphatic hydroxyl groups is 1. The van der Waals surface area contributed by atoms with E-state index in [1.807, 2.05) is 45.7 Å². The van der Waals surface area contributed by atoms with Crippen LogP contribution in [0.3, 0.4) is 0 Å². The van der Waals surface area contributed by atoms with Gasteiger partial charge in [-0.2, -0.15) is 24.8 Å². The maximum atomic E-state index is 14.3. The van der Waals surface area contributed by atoms with E-state index in [1.54, 1.807) is 51.8 Å². The van der Waals surface area contributed by atoms with Crippen molar-refractivity contribution >= 4 is 66.7 Å². The van der Waals surface area contributed by atoms with Crippen molar-refractivity contribution in [3.63, 3.8) is 0 Å². The molecule has 25 heteroatoms. The summed E-state index contributed by atoms with van der Waals surface area (Å²) in [6, 6.07) is 11.1. The summed E-state index contributed by atoms with van der Waals surface area (Å²) >= 11 is 18.7. The van der Waals surface area contributed by atoms with Crippen molar-refractivity contribution in [1.29, 1.82) is 0 Å². The minimum atomic E-state index is -0.940. The van der Waals surface area contributed by atoms with Gasteiger partial charge in [-0.05, 0) is 121 Å². The molecule has 0 radical (unpaired) electrons. The van der Waals surface area contributed by atoms with Crippen LogP contribution in [0.5, 0.6) is 5.75 Å². The molecular weight excluding hydrogens is 1100 g/mol. The van der Waals surface area contributed by atoms with Crippen molar-refractivity contribution in [3.05, 3.63) is 176 Å². The molecule has 6 aromatic heterocycles. The third-order valence-corrected chi connectivity index (χ3v) is 12.0. The highest BCUT2D eigenvalue weighted by Crippen LogP contribution is 2.37. The predicted molar refractivity (Wildman–Crippen MR) is 265 cm³/mol. The topological polar surface area (TPSA) is 213 Å². The zero-order valence-corrected chi connectivity index (χ0v) is 43.3. The van der Waals surface area contributed by atoms with Crippen molar-refractivity contribution in [2.75, 3.05) is 0 Å². The van der Waals surface area contributed by atoms with Crippen LogP contribution in [0.1, 0.15) is 73.3 Å². The largest absolute Gasteiger partial charge is 0.478 e. The van der Waals surface area contributed by atoms with E-state index < -0.39 is 45.3 Å². The molecule has 0 fully saturated rings. The number of aromatic nitrogens is 10. The molecule has 0 aliphatic heterocycles. The highest BCUT2D eigenvalue weighted by molar-refractivity contribution is 9.10. The molecule has 8 aromatic rings. The number of hydrogen-bond donors (Lipinski definition) is 1. The lowest BCUT2D eigenvalue weighted by Gasteiger charge is -2.18. The number of ether oxygens (including phenoxy) is 1. The van der Waals surface area contributed by atoms with Gasteiger partial charge >= 0.3 is 11.6 Å². The number of halogens is 7. The number of nitrogens with zero attached hydrogens (tertiary/aromatic N) is 12. The van der Waals surface area contributed by atoms with Gasteiger partial charge in [0, 0.05) is 116 Å². The molecule has 71 heavy (non-hydrogen) atoms. The fourth-order valence-electron chi connectivity index (χ4n) is 7.25. The molecular formula is C46H43Br2Cl2F3N12O6. The molecule has 372 valence electrons. The molecule has 1 N–H and O–H groups in total. The molecule has 0 spiro atoms. The summed E-state index contributed by atoms with van der Waals surface area (Å²) in [6.07, 6.45) is 9.53. The van der Waals surface area contributed by atoms with Crippen LogP contribution in [0.15, 0.2) is 94.7 Å². The number of pyridine rings is 2. The van der Waals surface area contributed by atoms with Gasteiger partial charge in [0.2, 0.25) is 11.6 Å². The van der Waals surface area contributed by atoms with Gasteiger partial charge in [0.1, 0.15) is 17.7 Å². The number of rotatable bonds is 14. The Hall–Kier alpha value is -6.53. The molecule has 2 aromatic carbocycles. The molecule has 0 aliphatic rings. The summed E-state index contributed by atoms with van der Waals surface area (Å²) in [5, 5.41) is 50.0. The van der Waals surface area contributed by atoms with Gasteiger partial charge in [-0.15, -0.1) is 0 Å². The Bertz CT molecular complexity index is 3220. The normalized spacial score (nSPS) is 11.9. The molecule has 0 unspecified atom stereocenters. The van der Waals surface area contributed by atoms with Crippen LogP contribution in [0.25, 0.3) is 22.5 Å². The zero-order valence-electron chi connectivity index (χ0n) is 38.6. The highest BCUT2D eigenvalue weighted by Gasteiger charge is 2.25. The van der Waals surface area contributed by atoms with Gasteiger partial charge in [0.15, 0.2) is 22.7 Å². The average molecular weight is 1150 g/mol. The van der Waals surface area contributed by atoms with E-state index >= 15 is 0 Å². The minimum Gasteiger partial charge on any atom is -0.478 e. The van der Waals surface area contributed by atoms with Crippen LogP contribution in [0.2, 0.25) is 10.3 Å². The Morgan fingerprint density at radius 2 is 1.13 bits per heavy atom. The van der Waals surface area contributed by atoms with Gasteiger partial charge in [0.25, 0.3) is 0 Å². The molecule has 8 rings (SSSR count).